The summed E-state index contributed by atoms with van der Waals surface area (Å²) >= 11 is 5.10. The predicted molar refractivity (Wildman–Crippen MR) is 108 cm³/mol. The van der Waals surface area contributed by atoms with E-state index in [4.69, 9.17) is 18.0 Å². The van der Waals surface area contributed by atoms with Gasteiger partial charge in [0.25, 0.3) is 0 Å². The maximum atomic E-state index is 11.8. The van der Waals surface area contributed by atoms with Gasteiger partial charge in [0.2, 0.25) is 0 Å². The molecule has 4 nitrogen and oxygen atoms in total. The van der Waals surface area contributed by atoms with Crippen LogP contribution in [0.1, 0.15) is 54.7 Å². The molecule has 4 N–H and O–H groups in total. The Bertz CT molecular complexity index is 774. The van der Waals surface area contributed by atoms with Crippen LogP contribution in [0.5, 0.6) is 5.75 Å². The molecule has 2 fully saturated rings. The van der Waals surface area contributed by atoms with Crippen molar-refractivity contribution < 1.29 is 10.2 Å². The van der Waals surface area contributed by atoms with Crippen molar-refractivity contribution in [2.45, 2.75) is 56.1 Å². The number of thiocarbonyl (C=S) groups is 1. The molecule has 1 aromatic rings. The Balaban J connectivity index is 1.80. The molecule has 0 aliphatic heterocycles. The number of allylic oxidation sites excluding steroid dienone is 1. The number of aliphatic hydroxyl groups is 1. The molecule has 140 valence electrons. The van der Waals surface area contributed by atoms with E-state index >= 15 is 0 Å². The number of nitrogens with zero attached hydrogens (tertiary/aromatic N) is 1. The summed E-state index contributed by atoms with van der Waals surface area (Å²) in [6.45, 7) is 5.20. The summed E-state index contributed by atoms with van der Waals surface area (Å²) in [4.78, 5) is 2.54. The number of nitrogens with two attached hydrogens (primary N) is 1. The van der Waals surface area contributed by atoms with Gasteiger partial charge in [0.1, 0.15) is 10.7 Å². The summed E-state index contributed by atoms with van der Waals surface area (Å²) in [7, 11) is 2.13. The first-order chi connectivity index (χ1) is 12.3. The van der Waals surface area contributed by atoms with Crippen LogP contribution in [0.25, 0.3) is 0 Å². The maximum absolute atomic E-state index is 11.8. The Hall–Kier alpha value is -1.43. The monoisotopic (exact) mass is 372 g/mol. The number of rotatable bonds is 4. The number of fused-ring (bicyclic) bond motifs is 3. The fourth-order valence-corrected chi connectivity index (χ4v) is 5.21. The lowest BCUT2D eigenvalue weighted by Gasteiger charge is -2.53. The quantitative estimate of drug-likeness (QED) is 0.560. The van der Waals surface area contributed by atoms with E-state index in [1.165, 1.54) is 12.8 Å². The Morgan fingerprint density at radius 2 is 2.12 bits per heavy atom. The third-order valence-corrected chi connectivity index (χ3v) is 6.88. The number of phenols is 1. The molecule has 2 saturated carbocycles. The zero-order valence-corrected chi connectivity index (χ0v) is 16.2. The van der Waals surface area contributed by atoms with Gasteiger partial charge >= 0.3 is 0 Å². The van der Waals surface area contributed by atoms with E-state index in [1.807, 2.05) is 12.1 Å². The molecule has 0 radical (unpaired) electrons. The highest BCUT2D eigenvalue weighted by Crippen LogP contribution is 2.53. The summed E-state index contributed by atoms with van der Waals surface area (Å²) in [6, 6.07) is 3.90. The van der Waals surface area contributed by atoms with Crippen LogP contribution >= 0.6 is 12.2 Å². The molecular weight excluding hydrogens is 344 g/mol. The molecular formula is C21H28N2O2S. The van der Waals surface area contributed by atoms with Gasteiger partial charge < -0.3 is 15.9 Å². The lowest BCUT2D eigenvalue weighted by Crippen LogP contribution is -2.60. The van der Waals surface area contributed by atoms with Crippen molar-refractivity contribution >= 4 is 17.2 Å². The highest BCUT2D eigenvalue weighted by molar-refractivity contribution is 7.80. The van der Waals surface area contributed by atoms with E-state index in [2.05, 4.69) is 18.5 Å². The molecule has 3 atom stereocenters. The summed E-state index contributed by atoms with van der Waals surface area (Å²) < 4.78 is 0. The van der Waals surface area contributed by atoms with Gasteiger partial charge in [0, 0.05) is 24.1 Å². The third kappa shape index (κ3) is 2.86. The van der Waals surface area contributed by atoms with Crippen LogP contribution in [0.3, 0.4) is 0 Å². The highest BCUT2D eigenvalue weighted by atomic mass is 32.1. The number of hydrogen-bond donors (Lipinski definition) is 3. The van der Waals surface area contributed by atoms with E-state index in [1.54, 1.807) is 0 Å². The van der Waals surface area contributed by atoms with Crippen molar-refractivity contribution in [1.82, 2.24) is 4.90 Å². The van der Waals surface area contributed by atoms with Crippen LogP contribution < -0.4 is 5.73 Å². The Morgan fingerprint density at radius 1 is 1.38 bits per heavy atom. The van der Waals surface area contributed by atoms with Crippen LogP contribution in [-0.2, 0) is 6.42 Å². The van der Waals surface area contributed by atoms with Crippen molar-refractivity contribution in [1.29, 1.82) is 0 Å². The fraction of sp³-hybridized carbons (Fsp3) is 0.571. The van der Waals surface area contributed by atoms with Crippen LogP contribution in [0.4, 0.5) is 0 Å². The van der Waals surface area contributed by atoms with Gasteiger partial charge in [-0.05, 0) is 63.1 Å². The number of likely N-dealkylation sites (N-methyl/N-ethyl adjacent to an activating group) is 1. The van der Waals surface area contributed by atoms with Gasteiger partial charge in [-0.25, -0.2) is 0 Å². The average molecular weight is 373 g/mol. The minimum atomic E-state index is -0.857. The maximum Gasteiger partial charge on any atom is 0.129 e. The topological polar surface area (TPSA) is 69.7 Å². The Labute approximate surface area is 160 Å². The zero-order chi connectivity index (χ0) is 18.6. The Morgan fingerprint density at radius 3 is 2.77 bits per heavy atom. The van der Waals surface area contributed by atoms with Gasteiger partial charge in [-0.1, -0.05) is 30.4 Å². The van der Waals surface area contributed by atoms with E-state index in [9.17, 15) is 10.2 Å². The molecule has 4 rings (SSSR count). The SMILES string of the molecule is C=C1CC[C@]2(O)C(C1)c1c(ccc(C(N)=S)c1O)C[C@H]2N(C)CC1CC1. The first kappa shape index (κ1) is 18.0. The molecule has 0 aromatic heterocycles. The van der Waals surface area contributed by atoms with E-state index in [0.717, 1.165) is 42.0 Å². The lowest BCUT2D eigenvalue weighted by molar-refractivity contribution is -0.0828. The minimum Gasteiger partial charge on any atom is -0.507 e. The fourth-order valence-electron chi connectivity index (χ4n) is 5.04. The van der Waals surface area contributed by atoms with Crippen molar-refractivity contribution in [3.63, 3.8) is 0 Å². The predicted octanol–water partition coefficient (Wildman–Crippen LogP) is 2.85. The van der Waals surface area contributed by atoms with Crippen LogP contribution in [0.2, 0.25) is 0 Å². The van der Waals surface area contributed by atoms with E-state index in [-0.39, 0.29) is 22.7 Å². The molecule has 1 aromatic carbocycles. The highest BCUT2D eigenvalue weighted by Gasteiger charge is 2.53. The molecule has 3 aliphatic rings. The van der Waals surface area contributed by atoms with Crippen LogP contribution in [-0.4, -0.2) is 45.3 Å². The average Bonchev–Trinajstić information content (AvgIpc) is 3.38. The second-order valence-electron chi connectivity index (χ2n) is 8.50. The molecule has 5 heteroatoms. The summed E-state index contributed by atoms with van der Waals surface area (Å²) in [5, 5.41) is 22.7. The second kappa shape index (κ2) is 6.32. The first-order valence-corrected chi connectivity index (χ1v) is 9.96. The smallest absolute Gasteiger partial charge is 0.129 e. The van der Waals surface area contributed by atoms with Crippen molar-refractivity contribution in [3.8, 4) is 5.75 Å². The lowest BCUT2D eigenvalue weighted by atomic mass is 9.61. The van der Waals surface area contributed by atoms with Gasteiger partial charge in [0.05, 0.1) is 11.2 Å². The van der Waals surface area contributed by atoms with Crippen molar-refractivity contribution in [3.05, 3.63) is 41.0 Å². The summed E-state index contributed by atoms with van der Waals surface area (Å²) in [6.07, 6.45) is 5.56. The minimum absolute atomic E-state index is 0.0591. The molecule has 0 bridgehead atoms. The molecule has 0 saturated heterocycles. The summed E-state index contributed by atoms with van der Waals surface area (Å²) in [5.41, 5.74) is 8.50. The van der Waals surface area contributed by atoms with Gasteiger partial charge in [0.15, 0.2) is 0 Å². The molecule has 0 heterocycles. The molecule has 26 heavy (non-hydrogen) atoms. The molecule has 3 aliphatic carbocycles. The second-order valence-corrected chi connectivity index (χ2v) is 8.94. The number of benzene rings is 1. The third-order valence-electron chi connectivity index (χ3n) is 6.66. The Kier molecular flexibility index (Phi) is 4.37. The summed E-state index contributed by atoms with van der Waals surface area (Å²) in [5.74, 6) is 0.761. The van der Waals surface area contributed by atoms with Crippen molar-refractivity contribution in [2.75, 3.05) is 13.6 Å². The molecule has 1 unspecified atom stereocenters. The van der Waals surface area contributed by atoms with Gasteiger partial charge in [-0.3, -0.25) is 4.90 Å². The molecule has 0 amide bonds. The van der Waals surface area contributed by atoms with Crippen LogP contribution in [0, 0.1) is 5.92 Å². The molecule has 0 spiro atoms. The standard InChI is InChI=1S/C21H28N2O2S/c1-12-7-8-21(25)16(9-12)18-14(5-6-15(19(18)24)20(22)26)10-17(21)23(2)11-13-3-4-13/h5-6,13,16-17,24-25H,1,3-4,7-11H2,2H3,(H2,22,26)/t16?,17-,21+/m1/s1. The number of aromatic hydroxyl groups is 1. The largest absolute Gasteiger partial charge is 0.507 e. The number of hydrogen-bond acceptors (Lipinski definition) is 4. The van der Waals surface area contributed by atoms with E-state index in [0.29, 0.717) is 18.4 Å². The van der Waals surface area contributed by atoms with Crippen LogP contribution in [0.15, 0.2) is 24.3 Å². The van der Waals surface area contributed by atoms with E-state index < -0.39 is 5.60 Å². The van der Waals surface area contributed by atoms with Gasteiger partial charge in [-0.2, -0.15) is 0 Å². The zero-order valence-electron chi connectivity index (χ0n) is 15.4. The van der Waals surface area contributed by atoms with Crippen molar-refractivity contribution in [2.24, 2.45) is 11.7 Å². The first-order valence-electron chi connectivity index (χ1n) is 9.55. The van der Waals surface area contributed by atoms with Gasteiger partial charge in [-0.15, -0.1) is 0 Å². The number of phenolic OH excluding ortho intramolecular Hbond substituents is 1. The normalized spacial score (nSPS) is 30.8.